The smallest absolute Gasteiger partial charge is 0.325 e. The van der Waals surface area contributed by atoms with Gasteiger partial charge in [0, 0.05) is 24.7 Å². The molecule has 5 nitrogen and oxygen atoms in total. The Balaban J connectivity index is 1.71. The van der Waals surface area contributed by atoms with Crippen LogP contribution in [0.2, 0.25) is 0 Å². The van der Waals surface area contributed by atoms with E-state index in [0.29, 0.717) is 30.4 Å². The van der Waals surface area contributed by atoms with E-state index in [2.05, 4.69) is 4.90 Å². The molecule has 0 radical (unpaired) electrons. The van der Waals surface area contributed by atoms with Gasteiger partial charge >= 0.3 is 5.97 Å². The summed E-state index contributed by atoms with van der Waals surface area (Å²) in [5.41, 5.74) is 0.397. The van der Waals surface area contributed by atoms with Gasteiger partial charge < -0.3 is 14.7 Å². The highest BCUT2D eigenvalue weighted by molar-refractivity contribution is 5.76. The van der Waals surface area contributed by atoms with Gasteiger partial charge in [0.2, 0.25) is 0 Å². The molecule has 0 aromatic heterocycles. The monoisotopic (exact) mass is 364 g/mol. The second kappa shape index (κ2) is 8.82. The molecular weight excluding hydrogens is 335 g/mol. The Labute approximate surface area is 154 Å². The number of carbonyl (C=O) groups is 1. The molecule has 0 spiro atoms. The van der Waals surface area contributed by atoms with Crippen LogP contribution in [0.4, 0.5) is 4.39 Å². The van der Waals surface area contributed by atoms with E-state index in [9.17, 15) is 14.3 Å². The summed E-state index contributed by atoms with van der Waals surface area (Å²) in [5.74, 6) is -0.970. The lowest BCUT2D eigenvalue weighted by Gasteiger charge is -2.40. The SMILES string of the molecule is COc1ccc(F)cc1C(C(=O)O)N1CCC(N2CCCCCC2)CC1. The number of rotatable bonds is 5. The van der Waals surface area contributed by atoms with E-state index in [4.69, 9.17) is 4.74 Å². The summed E-state index contributed by atoms with van der Waals surface area (Å²) in [6, 6.07) is 3.76. The molecule has 3 rings (SSSR count). The first-order valence-electron chi connectivity index (χ1n) is 9.64. The fourth-order valence-electron chi connectivity index (χ4n) is 4.37. The Hall–Kier alpha value is -1.66. The molecule has 0 amide bonds. The third-order valence-corrected chi connectivity index (χ3v) is 5.74. The molecule has 1 aromatic carbocycles. The first kappa shape index (κ1) is 19.1. The maximum Gasteiger partial charge on any atom is 0.325 e. The first-order chi connectivity index (χ1) is 12.6. The number of ether oxygens (including phenoxy) is 1. The van der Waals surface area contributed by atoms with E-state index in [1.165, 1.54) is 51.0 Å². The minimum absolute atomic E-state index is 0.397. The highest BCUT2D eigenvalue weighted by Gasteiger charge is 2.34. The summed E-state index contributed by atoms with van der Waals surface area (Å²) in [5, 5.41) is 9.81. The summed E-state index contributed by atoms with van der Waals surface area (Å²) in [6.07, 6.45) is 7.07. The van der Waals surface area contributed by atoms with Crippen molar-refractivity contribution in [2.75, 3.05) is 33.3 Å². The lowest BCUT2D eigenvalue weighted by molar-refractivity contribution is -0.144. The minimum atomic E-state index is -0.956. The third kappa shape index (κ3) is 4.35. The molecule has 1 unspecified atom stereocenters. The van der Waals surface area contributed by atoms with Crippen LogP contribution in [0, 0.1) is 5.82 Å². The molecule has 2 aliphatic rings. The highest BCUT2D eigenvalue weighted by atomic mass is 19.1. The number of piperidine rings is 1. The van der Waals surface area contributed by atoms with Crippen LogP contribution in [0.5, 0.6) is 5.75 Å². The quantitative estimate of drug-likeness (QED) is 0.869. The van der Waals surface area contributed by atoms with E-state index in [1.807, 2.05) is 4.90 Å². The largest absolute Gasteiger partial charge is 0.496 e. The zero-order valence-electron chi connectivity index (χ0n) is 15.5. The number of methoxy groups -OCH3 is 1. The van der Waals surface area contributed by atoms with Crippen LogP contribution in [0.1, 0.15) is 50.1 Å². The summed E-state index contributed by atoms with van der Waals surface area (Å²) in [7, 11) is 1.49. The molecule has 2 fully saturated rings. The van der Waals surface area contributed by atoms with E-state index >= 15 is 0 Å². The van der Waals surface area contributed by atoms with Gasteiger partial charge in [-0.05, 0) is 57.0 Å². The molecule has 2 heterocycles. The number of hydrogen-bond donors (Lipinski definition) is 1. The van der Waals surface area contributed by atoms with Gasteiger partial charge in [0.1, 0.15) is 17.6 Å². The summed E-state index contributed by atoms with van der Waals surface area (Å²) in [6.45, 7) is 3.73. The molecule has 6 heteroatoms. The van der Waals surface area contributed by atoms with Crippen LogP contribution in [0.15, 0.2) is 18.2 Å². The van der Waals surface area contributed by atoms with Crippen LogP contribution in [0.25, 0.3) is 0 Å². The predicted octanol–water partition coefficient (Wildman–Crippen LogP) is 3.30. The van der Waals surface area contributed by atoms with Crippen molar-refractivity contribution >= 4 is 5.97 Å². The number of hydrogen-bond acceptors (Lipinski definition) is 4. The van der Waals surface area contributed by atoms with Crippen molar-refractivity contribution in [1.82, 2.24) is 9.80 Å². The maximum absolute atomic E-state index is 13.7. The Bertz CT molecular complexity index is 609. The van der Waals surface area contributed by atoms with Crippen molar-refractivity contribution in [3.8, 4) is 5.75 Å². The fourth-order valence-corrected chi connectivity index (χ4v) is 4.37. The molecule has 1 N–H and O–H groups in total. The number of carboxylic acids is 1. The molecule has 0 aliphatic carbocycles. The van der Waals surface area contributed by atoms with Gasteiger partial charge in [0.05, 0.1) is 7.11 Å². The molecule has 0 bridgehead atoms. The fraction of sp³-hybridized carbons (Fsp3) is 0.650. The van der Waals surface area contributed by atoms with Crippen LogP contribution in [-0.2, 0) is 4.79 Å². The average Bonchev–Trinajstić information content (AvgIpc) is 2.92. The topological polar surface area (TPSA) is 53.0 Å². The van der Waals surface area contributed by atoms with Gasteiger partial charge in [0.25, 0.3) is 0 Å². The van der Waals surface area contributed by atoms with Crippen molar-refractivity contribution in [2.45, 2.75) is 50.6 Å². The molecule has 1 aromatic rings. The van der Waals surface area contributed by atoms with Gasteiger partial charge in [-0.25, -0.2) is 4.39 Å². The molecule has 2 aliphatic heterocycles. The lowest BCUT2D eigenvalue weighted by atomic mass is 9.97. The Morgan fingerprint density at radius 2 is 1.81 bits per heavy atom. The van der Waals surface area contributed by atoms with E-state index < -0.39 is 17.8 Å². The Morgan fingerprint density at radius 3 is 2.38 bits per heavy atom. The van der Waals surface area contributed by atoms with Crippen LogP contribution in [0.3, 0.4) is 0 Å². The molecule has 1 atom stereocenters. The van der Waals surface area contributed by atoms with Crippen LogP contribution >= 0.6 is 0 Å². The van der Waals surface area contributed by atoms with Crippen molar-refractivity contribution in [3.05, 3.63) is 29.6 Å². The summed E-state index contributed by atoms with van der Waals surface area (Å²) >= 11 is 0. The van der Waals surface area contributed by atoms with Crippen molar-refractivity contribution in [2.24, 2.45) is 0 Å². The van der Waals surface area contributed by atoms with E-state index in [0.717, 1.165) is 25.9 Å². The molecule has 144 valence electrons. The van der Waals surface area contributed by atoms with E-state index in [1.54, 1.807) is 0 Å². The Morgan fingerprint density at radius 1 is 1.15 bits per heavy atom. The van der Waals surface area contributed by atoms with Gasteiger partial charge in [-0.1, -0.05) is 12.8 Å². The standard InChI is InChI=1S/C20H29FN2O3/c1-26-18-7-6-15(21)14-17(18)19(20(24)25)23-12-8-16(9-13-23)22-10-4-2-3-5-11-22/h6-7,14,16,19H,2-5,8-13H2,1H3,(H,24,25). The summed E-state index contributed by atoms with van der Waals surface area (Å²) < 4.78 is 19.0. The third-order valence-electron chi connectivity index (χ3n) is 5.74. The van der Waals surface area contributed by atoms with E-state index in [-0.39, 0.29) is 0 Å². The number of nitrogens with zero attached hydrogens (tertiary/aromatic N) is 2. The van der Waals surface area contributed by atoms with Crippen LogP contribution < -0.4 is 4.74 Å². The second-order valence-corrected chi connectivity index (χ2v) is 7.34. The van der Waals surface area contributed by atoms with Gasteiger partial charge in [-0.3, -0.25) is 9.69 Å². The highest BCUT2D eigenvalue weighted by Crippen LogP contribution is 2.33. The van der Waals surface area contributed by atoms with Gasteiger partial charge in [0.15, 0.2) is 0 Å². The zero-order chi connectivity index (χ0) is 18.5. The minimum Gasteiger partial charge on any atom is -0.496 e. The number of halogens is 1. The predicted molar refractivity (Wildman–Crippen MR) is 98.0 cm³/mol. The van der Waals surface area contributed by atoms with Gasteiger partial charge in [-0.2, -0.15) is 0 Å². The van der Waals surface area contributed by atoms with Crippen molar-refractivity contribution in [3.63, 3.8) is 0 Å². The molecule has 2 saturated heterocycles. The van der Waals surface area contributed by atoms with Crippen molar-refractivity contribution < 1.29 is 19.0 Å². The number of aliphatic carboxylic acids is 1. The molecule has 0 saturated carbocycles. The second-order valence-electron chi connectivity index (χ2n) is 7.34. The zero-order valence-corrected chi connectivity index (χ0v) is 15.5. The number of likely N-dealkylation sites (tertiary alicyclic amines) is 2. The van der Waals surface area contributed by atoms with Gasteiger partial charge in [-0.15, -0.1) is 0 Å². The number of benzene rings is 1. The first-order valence-corrected chi connectivity index (χ1v) is 9.64. The normalized spacial score (nSPS) is 21.9. The van der Waals surface area contributed by atoms with Crippen molar-refractivity contribution in [1.29, 1.82) is 0 Å². The molecular formula is C20H29FN2O3. The lowest BCUT2D eigenvalue weighted by Crippen LogP contribution is -2.47. The summed E-state index contributed by atoms with van der Waals surface area (Å²) in [4.78, 5) is 16.5. The Kier molecular flexibility index (Phi) is 6.48. The average molecular weight is 364 g/mol. The maximum atomic E-state index is 13.7. The number of carboxylic acid groups (broad SMARTS) is 1. The molecule has 26 heavy (non-hydrogen) atoms. The van der Waals surface area contributed by atoms with Crippen LogP contribution in [-0.4, -0.2) is 60.2 Å².